The molecule has 1 amide bonds. The van der Waals surface area contributed by atoms with Crippen LogP contribution in [-0.4, -0.2) is 35.1 Å². The molecule has 1 aliphatic rings. The fourth-order valence-electron chi connectivity index (χ4n) is 4.97. The van der Waals surface area contributed by atoms with E-state index in [9.17, 15) is 14.7 Å². The number of carbonyl (C=O) groups is 2. The minimum atomic E-state index is -1.08. The van der Waals surface area contributed by atoms with Crippen molar-refractivity contribution in [2.75, 3.05) is 7.11 Å². The number of ether oxygens (including phenoxy) is 1. The third-order valence-electron chi connectivity index (χ3n) is 6.76. The van der Waals surface area contributed by atoms with E-state index < -0.39 is 17.9 Å². The second-order valence-corrected chi connectivity index (χ2v) is 9.05. The number of para-hydroxylation sites is 1. The first-order chi connectivity index (χ1) is 16.9. The molecule has 35 heavy (non-hydrogen) atoms. The molecule has 2 heterocycles. The van der Waals surface area contributed by atoms with E-state index in [2.05, 4.69) is 10.3 Å². The number of hydrogen-bond donors (Lipinski definition) is 3. The standard InChI is InChI=1S/C28H28N2O5/c1-16(20-13-21-19-8-4-6-10-24(19)35-26(21)14-25(20)34-2)11-27(31)30-23(28(32)33)12-17-15-29-22-9-5-3-7-18(17)22/h3,5,7,9,11,13-15,23,29H,4,6,8,10,12H2,1-2H3,(H,30,31)(H,32,33)/b16-11+. The van der Waals surface area contributed by atoms with Crippen LogP contribution in [0.5, 0.6) is 5.75 Å². The summed E-state index contributed by atoms with van der Waals surface area (Å²) in [5, 5.41) is 14.4. The van der Waals surface area contributed by atoms with E-state index >= 15 is 0 Å². The smallest absolute Gasteiger partial charge is 0.326 e. The summed E-state index contributed by atoms with van der Waals surface area (Å²) in [5.41, 5.74) is 5.26. The number of carbonyl (C=O) groups excluding carboxylic acids is 1. The summed E-state index contributed by atoms with van der Waals surface area (Å²) in [6.07, 6.45) is 7.57. The quantitative estimate of drug-likeness (QED) is 0.328. The van der Waals surface area contributed by atoms with Crippen molar-refractivity contribution in [3.8, 4) is 5.75 Å². The summed E-state index contributed by atoms with van der Waals surface area (Å²) < 4.78 is 11.7. The number of amides is 1. The van der Waals surface area contributed by atoms with Crippen molar-refractivity contribution in [3.63, 3.8) is 0 Å². The number of furan rings is 1. The van der Waals surface area contributed by atoms with Gasteiger partial charge in [0.25, 0.3) is 0 Å². The maximum Gasteiger partial charge on any atom is 0.326 e. The fraction of sp³-hybridized carbons (Fsp3) is 0.286. The van der Waals surface area contributed by atoms with Gasteiger partial charge in [0.1, 0.15) is 23.1 Å². The maximum absolute atomic E-state index is 12.9. The molecular formula is C28H28N2O5. The molecule has 2 aromatic heterocycles. The van der Waals surface area contributed by atoms with Crippen molar-refractivity contribution in [1.82, 2.24) is 10.3 Å². The van der Waals surface area contributed by atoms with E-state index in [1.165, 1.54) is 11.6 Å². The Balaban J connectivity index is 1.40. The lowest BCUT2D eigenvalue weighted by atomic mass is 9.94. The van der Waals surface area contributed by atoms with Gasteiger partial charge < -0.3 is 24.6 Å². The third-order valence-corrected chi connectivity index (χ3v) is 6.76. The zero-order valence-corrected chi connectivity index (χ0v) is 19.8. The number of carboxylic acid groups (broad SMARTS) is 1. The van der Waals surface area contributed by atoms with Crippen LogP contribution >= 0.6 is 0 Å². The number of fused-ring (bicyclic) bond motifs is 4. The predicted molar refractivity (Wildman–Crippen MR) is 135 cm³/mol. The van der Waals surface area contributed by atoms with Crippen LogP contribution in [0, 0.1) is 0 Å². The van der Waals surface area contributed by atoms with Crippen LogP contribution in [0.25, 0.3) is 27.4 Å². The van der Waals surface area contributed by atoms with E-state index in [1.807, 2.05) is 43.3 Å². The zero-order chi connectivity index (χ0) is 24.5. The predicted octanol–water partition coefficient (Wildman–Crippen LogP) is 5.02. The Labute approximate surface area is 202 Å². The summed E-state index contributed by atoms with van der Waals surface area (Å²) in [7, 11) is 1.59. The molecule has 4 aromatic rings. The van der Waals surface area contributed by atoms with Gasteiger partial charge in [0, 0.05) is 58.6 Å². The number of allylic oxidation sites excluding steroid dienone is 1. The number of aromatic nitrogens is 1. The highest BCUT2D eigenvalue weighted by atomic mass is 16.5. The molecule has 1 aliphatic carbocycles. The number of carboxylic acids is 1. The van der Waals surface area contributed by atoms with Gasteiger partial charge in [-0.25, -0.2) is 4.79 Å². The highest BCUT2D eigenvalue weighted by Crippen LogP contribution is 2.37. The van der Waals surface area contributed by atoms with Crippen molar-refractivity contribution in [1.29, 1.82) is 0 Å². The molecule has 180 valence electrons. The Kier molecular flexibility index (Phi) is 6.07. The van der Waals surface area contributed by atoms with Crippen molar-refractivity contribution >= 4 is 39.3 Å². The topological polar surface area (TPSA) is 105 Å². The van der Waals surface area contributed by atoms with E-state index in [4.69, 9.17) is 9.15 Å². The van der Waals surface area contributed by atoms with Gasteiger partial charge in [0.15, 0.2) is 0 Å². The number of hydrogen-bond acceptors (Lipinski definition) is 4. The van der Waals surface area contributed by atoms with Crippen LogP contribution < -0.4 is 10.1 Å². The van der Waals surface area contributed by atoms with Gasteiger partial charge in [0.05, 0.1) is 7.11 Å². The highest BCUT2D eigenvalue weighted by molar-refractivity contribution is 5.99. The molecule has 5 rings (SSSR count). The lowest BCUT2D eigenvalue weighted by Crippen LogP contribution is -2.41. The molecule has 0 bridgehead atoms. The molecule has 7 nitrogen and oxygen atoms in total. The lowest BCUT2D eigenvalue weighted by Gasteiger charge is -2.14. The van der Waals surface area contributed by atoms with Gasteiger partial charge in [-0.1, -0.05) is 18.2 Å². The first kappa shape index (κ1) is 22.8. The number of H-pyrrole nitrogens is 1. The molecule has 0 saturated heterocycles. The largest absolute Gasteiger partial charge is 0.496 e. The number of nitrogens with one attached hydrogen (secondary N) is 2. The Bertz CT molecular complexity index is 1460. The van der Waals surface area contributed by atoms with Crippen molar-refractivity contribution in [2.24, 2.45) is 0 Å². The van der Waals surface area contributed by atoms with Gasteiger partial charge in [-0.05, 0) is 49.5 Å². The molecule has 2 aromatic carbocycles. The first-order valence-corrected chi connectivity index (χ1v) is 11.8. The average Bonchev–Trinajstić information content (AvgIpc) is 3.43. The first-order valence-electron chi connectivity index (χ1n) is 11.8. The van der Waals surface area contributed by atoms with Crippen LogP contribution in [0.4, 0.5) is 0 Å². The Morgan fingerprint density at radius 1 is 1.20 bits per heavy atom. The summed E-state index contributed by atoms with van der Waals surface area (Å²) >= 11 is 0. The molecule has 0 aliphatic heterocycles. The van der Waals surface area contributed by atoms with Gasteiger partial charge >= 0.3 is 5.97 Å². The van der Waals surface area contributed by atoms with Crippen molar-refractivity contribution in [3.05, 3.63) is 71.1 Å². The van der Waals surface area contributed by atoms with Gasteiger partial charge in [-0.15, -0.1) is 0 Å². The molecule has 1 atom stereocenters. The fourth-order valence-corrected chi connectivity index (χ4v) is 4.97. The highest BCUT2D eigenvalue weighted by Gasteiger charge is 2.23. The molecule has 0 fully saturated rings. The Morgan fingerprint density at radius 2 is 2.00 bits per heavy atom. The molecule has 1 unspecified atom stereocenters. The number of benzene rings is 2. The van der Waals surface area contributed by atoms with E-state index in [0.29, 0.717) is 11.3 Å². The van der Waals surface area contributed by atoms with Gasteiger partial charge in [0.2, 0.25) is 5.91 Å². The van der Waals surface area contributed by atoms with E-state index in [-0.39, 0.29) is 6.42 Å². The summed E-state index contributed by atoms with van der Waals surface area (Å²) in [6, 6.07) is 10.5. The molecule has 0 saturated carbocycles. The Morgan fingerprint density at radius 3 is 2.80 bits per heavy atom. The molecular weight excluding hydrogens is 444 g/mol. The van der Waals surface area contributed by atoms with Crippen LogP contribution in [0.1, 0.15) is 42.2 Å². The van der Waals surface area contributed by atoms with Crippen LogP contribution in [0.2, 0.25) is 0 Å². The van der Waals surface area contributed by atoms with Crippen molar-refractivity contribution in [2.45, 2.75) is 45.1 Å². The number of methoxy groups -OCH3 is 1. The lowest BCUT2D eigenvalue weighted by molar-refractivity contribution is -0.141. The zero-order valence-electron chi connectivity index (χ0n) is 19.8. The monoisotopic (exact) mass is 472 g/mol. The molecule has 3 N–H and O–H groups in total. The number of rotatable bonds is 7. The average molecular weight is 473 g/mol. The molecule has 0 radical (unpaired) electrons. The number of aromatic amines is 1. The minimum Gasteiger partial charge on any atom is -0.496 e. The molecule has 7 heteroatoms. The second-order valence-electron chi connectivity index (χ2n) is 9.05. The third kappa shape index (κ3) is 4.41. The summed E-state index contributed by atoms with van der Waals surface area (Å²) in [6.45, 7) is 1.82. The normalized spacial score (nSPS) is 14.6. The minimum absolute atomic E-state index is 0.175. The number of aryl methyl sites for hydroxylation is 2. The maximum atomic E-state index is 12.9. The van der Waals surface area contributed by atoms with Gasteiger partial charge in [-0.3, -0.25) is 4.79 Å². The van der Waals surface area contributed by atoms with Crippen LogP contribution in [0.15, 0.2) is 53.1 Å². The SMILES string of the molecule is COc1cc2oc3c(c2cc1/C(C)=C/C(=O)NC(Cc1c[nH]c2ccccc12)C(=O)O)CCCC3. The Hall–Kier alpha value is -4.00. The number of aliphatic carboxylic acids is 1. The molecule has 0 spiro atoms. The van der Waals surface area contributed by atoms with Crippen molar-refractivity contribution < 1.29 is 23.8 Å². The summed E-state index contributed by atoms with van der Waals surface area (Å²) in [4.78, 5) is 27.9. The second kappa shape index (κ2) is 9.33. The summed E-state index contributed by atoms with van der Waals surface area (Å²) in [5.74, 6) is 0.0926. The van der Waals surface area contributed by atoms with Crippen LogP contribution in [0.3, 0.4) is 0 Å². The van der Waals surface area contributed by atoms with Gasteiger partial charge in [-0.2, -0.15) is 0 Å². The van der Waals surface area contributed by atoms with Crippen LogP contribution in [-0.2, 0) is 28.9 Å². The van der Waals surface area contributed by atoms with E-state index in [0.717, 1.165) is 64.4 Å². The van der Waals surface area contributed by atoms with E-state index in [1.54, 1.807) is 13.3 Å².